The van der Waals surface area contributed by atoms with E-state index in [1.807, 2.05) is 6.07 Å². The summed E-state index contributed by atoms with van der Waals surface area (Å²) >= 11 is 6.05. The van der Waals surface area contributed by atoms with E-state index < -0.39 is 0 Å². The Morgan fingerprint density at radius 2 is 2.00 bits per heavy atom. The van der Waals surface area contributed by atoms with Crippen LogP contribution in [0.4, 0.5) is 0 Å². The maximum Gasteiger partial charge on any atom is 0.0408 e. The van der Waals surface area contributed by atoms with Crippen LogP contribution in [-0.2, 0) is 5.41 Å². The smallest absolute Gasteiger partial charge is 0.0408 e. The summed E-state index contributed by atoms with van der Waals surface area (Å²) in [5.74, 6) is 3.11. The predicted molar refractivity (Wildman–Crippen MR) is 57.5 cm³/mol. The van der Waals surface area contributed by atoms with Crippen LogP contribution in [0.3, 0.4) is 0 Å². The van der Waals surface area contributed by atoms with Gasteiger partial charge in [0.1, 0.15) is 0 Å². The zero-order chi connectivity index (χ0) is 9.34. The molecule has 0 bridgehead atoms. The first-order valence-electron chi connectivity index (χ1n) is 5.61. The molecule has 0 radical (unpaired) electrons. The van der Waals surface area contributed by atoms with E-state index in [-0.39, 0.29) is 0 Å². The average molecular weight is 205 g/mol. The van der Waals surface area contributed by atoms with E-state index in [9.17, 15) is 0 Å². The molecular weight excluding hydrogens is 192 g/mol. The van der Waals surface area contributed by atoms with E-state index in [4.69, 9.17) is 11.6 Å². The Kier molecular flexibility index (Phi) is 1.21. The second kappa shape index (κ2) is 2.19. The number of halogens is 1. The SMILES string of the molecule is Clc1cccc(C23C4CCCC2C43)c1. The lowest BCUT2D eigenvalue weighted by molar-refractivity contribution is 0.315. The molecule has 3 saturated carbocycles. The molecule has 0 amide bonds. The van der Waals surface area contributed by atoms with E-state index in [1.54, 1.807) is 0 Å². The number of fused-ring (bicyclic) bond motifs is 2. The first kappa shape index (κ1) is 7.76. The molecule has 2 atom stereocenters. The molecule has 3 fully saturated rings. The van der Waals surface area contributed by atoms with Crippen molar-refractivity contribution in [3.8, 4) is 0 Å². The van der Waals surface area contributed by atoms with Gasteiger partial charge in [0.15, 0.2) is 0 Å². The molecule has 4 rings (SSSR count). The fourth-order valence-electron chi connectivity index (χ4n) is 4.23. The summed E-state index contributed by atoms with van der Waals surface area (Å²) in [6.07, 6.45) is 4.40. The highest BCUT2D eigenvalue weighted by molar-refractivity contribution is 6.30. The zero-order valence-electron chi connectivity index (χ0n) is 8.04. The molecule has 0 aliphatic heterocycles. The van der Waals surface area contributed by atoms with Gasteiger partial charge in [-0.05, 0) is 48.3 Å². The summed E-state index contributed by atoms with van der Waals surface area (Å²) in [4.78, 5) is 0. The summed E-state index contributed by atoms with van der Waals surface area (Å²) < 4.78 is 0. The molecule has 1 aromatic rings. The Hall–Kier alpha value is -0.490. The van der Waals surface area contributed by atoms with Crippen molar-refractivity contribution in [3.63, 3.8) is 0 Å². The van der Waals surface area contributed by atoms with Gasteiger partial charge in [0.25, 0.3) is 0 Å². The molecule has 72 valence electrons. The number of hydrogen-bond acceptors (Lipinski definition) is 0. The molecule has 0 spiro atoms. The summed E-state index contributed by atoms with van der Waals surface area (Å²) in [5, 5.41) is 0.910. The maximum absolute atomic E-state index is 6.05. The number of hydrogen-bond donors (Lipinski definition) is 0. The highest BCUT2D eigenvalue weighted by Crippen LogP contribution is 2.88. The molecule has 0 N–H and O–H groups in total. The van der Waals surface area contributed by atoms with Gasteiger partial charge in [-0.1, -0.05) is 30.2 Å². The van der Waals surface area contributed by atoms with Gasteiger partial charge < -0.3 is 0 Å². The first-order chi connectivity index (χ1) is 6.85. The Labute approximate surface area is 89.3 Å². The molecule has 3 aliphatic carbocycles. The highest BCUT2D eigenvalue weighted by atomic mass is 35.5. The van der Waals surface area contributed by atoms with E-state index in [0.717, 1.165) is 22.8 Å². The van der Waals surface area contributed by atoms with Crippen molar-refractivity contribution >= 4 is 11.6 Å². The molecule has 2 unspecified atom stereocenters. The minimum absolute atomic E-state index is 0.628. The van der Waals surface area contributed by atoms with Crippen LogP contribution in [0.25, 0.3) is 0 Å². The lowest BCUT2D eigenvalue weighted by atomic mass is 9.80. The largest absolute Gasteiger partial charge is 0.0843 e. The van der Waals surface area contributed by atoms with Crippen LogP contribution in [0.15, 0.2) is 24.3 Å². The molecule has 3 aliphatic rings. The first-order valence-corrected chi connectivity index (χ1v) is 5.99. The standard InChI is InChI=1S/C13H13Cl/c14-9-4-1-3-8(7-9)13-10-5-2-6-11(13)12(10)13/h1,3-4,7,10-12H,2,5-6H2. The van der Waals surface area contributed by atoms with E-state index >= 15 is 0 Å². The van der Waals surface area contributed by atoms with Crippen LogP contribution in [-0.4, -0.2) is 0 Å². The lowest BCUT2D eigenvalue weighted by Crippen LogP contribution is -2.18. The third-order valence-electron chi connectivity index (χ3n) is 4.78. The third kappa shape index (κ3) is 0.672. The number of benzene rings is 1. The van der Waals surface area contributed by atoms with Gasteiger partial charge in [0.05, 0.1) is 0 Å². The molecule has 14 heavy (non-hydrogen) atoms. The zero-order valence-corrected chi connectivity index (χ0v) is 8.80. The molecule has 0 saturated heterocycles. The normalized spacial score (nSPS) is 47.1. The van der Waals surface area contributed by atoms with Crippen molar-refractivity contribution in [1.29, 1.82) is 0 Å². The second-order valence-electron chi connectivity index (χ2n) is 5.11. The van der Waals surface area contributed by atoms with Crippen molar-refractivity contribution in [2.45, 2.75) is 24.7 Å². The summed E-state index contributed by atoms with van der Waals surface area (Å²) in [6, 6.07) is 8.57. The van der Waals surface area contributed by atoms with Crippen LogP contribution >= 0.6 is 11.6 Å². The Bertz CT molecular complexity index is 388. The van der Waals surface area contributed by atoms with Crippen molar-refractivity contribution in [2.24, 2.45) is 17.8 Å². The van der Waals surface area contributed by atoms with Crippen molar-refractivity contribution < 1.29 is 0 Å². The Morgan fingerprint density at radius 1 is 1.21 bits per heavy atom. The van der Waals surface area contributed by atoms with E-state index in [2.05, 4.69) is 18.2 Å². The van der Waals surface area contributed by atoms with Crippen LogP contribution in [0.5, 0.6) is 0 Å². The minimum atomic E-state index is 0.628. The summed E-state index contributed by atoms with van der Waals surface area (Å²) in [5.41, 5.74) is 2.16. The van der Waals surface area contributed by atoms with Gasteiger partial charge in [-0.2, -0.15) is 0 Å². The fraction of sp³-hybridized carbons (Fsp3) is 0.538. The van der Waals surface area contributed by atoms with Gasteiger partial charge in [-0.3, -0.25) is 0 Å². The van der Waals surface area contributed by atoms with Gasteiger partial charge in [-0.15, -0.1) is 0 Å². The minimum Gasteiger partial charge on any atom is -0.0843 e. The van der Waals surface area contributed by atoms with Crippen molar-refractivity contribution in [3.05, 3.63) is 34.9 Å². The van der Waals surface area contributed by atoms with Crippen molar-refractivity contribution in [1.82, 2.24) is 0 Å². The molecule has 0 aromatic heterocycles. The molecule has 1 heteroatoms. The third-order valence-corrected chi connectivity index (χ3v) is 5.02. The van der Waals surface area contributed by atoms with Gasteiger partial charge in [0.2, 0.25) is 0 Å². The molecular formula is C13H13Cl. The molecule has 0 nitrogen and oxygen atoms in total. The molecule has 0 heterocycles. The van der Waals surface area contributed by atoms with Gasteiger partial charge in [0, 0.05) is 10.4 Å². The Morgan fingerprint density at radius 3 is 2.64 bits per heavy atom. The highest BCUT2D eigenvalue weighted by Gasteiger charge is 2.86. The summed E-state index contributed by atoms with van der Waals surface area (Å²) in [7, 11) is 0. The fourth-order valence-corrected chi connectivity index (χ4v) is 4.42. The van der Waals surface area contributed by atoms with Gasteiger partial charge >= 0.3 is 0 Å². The molecule has 1 aromatic carbocycles. The lowest BCUT2D eigenvalue weighted by Gasteiger charge is -2.25. The average Bonchev–Trinajstić information content (AvgIpc) is 3.07. The van der Waals surface area contributed by atoms with Crippen LogP contribution < -0.4 is 0 Å². The Balaban J connectivity index is 1.78. The van der Waals surface area contributed by atoms with Crippen LogP contribution in [0.1, 0.15) is 24.8 Å². The second-order valence-corrected chi connectivity index (χ2v) is 5.55. The monoisotopic (exact) mass is 204 g/mol. The maximum atomic E-state index is 6.05. The quantitative estimate of drug-likeness (QED) is 0.655. The van der Waals surface area contributed by atoms with E-state index in [0.29, 0.717) is 5.41 Å². The van der Waals surface area contributed by atoms with E-state index in [1.165, 1.54) is 24.8 Å². The predicted octanol–water partition coefficient (Wildman–Crippen LogP) is 3.64. The van der Waals surface area contributed by atoms with Gasteiger partial charge in [-0.25, -0.2) is 0 Å². The van der Waals surface area contributed by atoms with Crippen LogP contribution in [0, 0.1) is 17.8 Å². The van der Waals surface area contributed by atoms with Crippen LogP contribution in [0.2, 0.25) is 5.02 Å². The summed E-state index contributed by atoms with van der Waals surface area (Å²) in [6.45, 7) is 0. The topological polar surface area (TPSA) is 0 Å². The number of rotatable bonds is 1. The van der Waals surface area contributed by atoms with Crippen molar-refractivity contribution in [2.75, 3.05) is 0 Å².